The van der Waals surface area contributed by atoms with Crippen LogP contribution < -0.4 is 5.11 Å². The van der Waals surface area contributed by atoms with Gasteiger partial charge in [-0.25, -0.2) is 0 Å². The molecule has 1 N–H and O–H groups in total. The molecule has 3 heteroatoms. The molecule has 0 radical (unpaired) electrons. The highest BCUT2D eigenvalue weighted by atomic mass is 16.4. The van der Waals surface area contributed by atoms with Crippen LogP contribution >= 0.6 is 0 Å². The smallest absolute Gasteiger partial charge is 0.0720 e. The molecule has 0 spiro atoms. The zero-order chi connectivity index (χ0) is 15.8. The van der Waals surface area contributed by atoms with E-state index in [1.165, 1.54) is 38.5 Å². The number of allylic oxidation sites excluding steroid dienone is 1. The maximum Gasteiger partial charge on any atom is 0.0720 e. The van der Waals surface area contributed by atoms with E-state index in [0.717, 1.165) is 32.1 Å². The van der Waals surface area contributed by atoms with Crippen LogP contribution in [-0.2, 0) is 4.79 Å². The van der Waals surface area contributed by atoms with Gasteiger partial charge in [0, 0.05) is 5.97 Å². The number of carboxylic acids is 1. The number of rotatable bonds is 15. The van der Waals surface area contributed by atoms with Gasteiger partial charge in [0.2, 0.25) is 0 Å². The van der Waals surface area contributed by atoms with Crippen molar-refractivity contribution in [3.05, 3.63) is 12.2 Å². The molecule has 1 unspecified atom stereocenters. The molecule has 0 fully saturated rings. The first-order chi connectivity index (χ1) is 10.2. The Morgan fingerprint density at radius 1 is 1.00 bits per heavy atom. The van der Waals surface area contributed by atoms with Crippen molar-refractivity contribution in [1.29, 1.82) is 0 Å². The third kappa shape index (κ3) is 17.1. The number of carbonyl (C=O) groups is 1. The topological polar surface area (TPSA) is 60.4 Å². The molecule has 0 aliphatic carbocycles. The third-order valence-electron chi connectivity index (χ3n) is 3.71. The van der Waals surface area contributed by atoms with E-state index in [9.17, 15) is 15.0 Å². The zero-order valence-corrected chi connectivity index (χ0v) is 13.7. The largest absolute Gasteiger partial charge is 0.550 e. The van der Waals surface area contributed by atoms with E-state index in [4.69, 9.17) is 0 Å². The van der Waals surface area contributed by atoms with Crippen LogP contribution in [0.15, 0.2) is 12.2 Å². The Labute approximate surface area is 130 Å². The molecule has 0 aromatic carbocycles. The van der Waals surface area contributed by atoms with E-state index in [1.807, 2.05) is 6.08 Å². The molecule has 0 aliphatic heterocycles. The Hall–Kier alpha value is -0.830. The van der Waals surface area contributed by atoms with E-state index in [2.05, 4.69) is 13.0 Å². The van der Waals surface area contributed by atoms with Crippen LogP contribution in [0.3, 0.4) is 0 Å². The second kappa shape index (κ2) is 15.6. The van der Waals surface area contributed by atoms with E-state index < -0.39 is 5.97 Å². The number of aliphatic hydroxyl groups excluding tert-OH is 1. The summed E-state index contributed by atoms with van der Waals surface area (Å²) in [6.45, 7) is 2.23. The highest BCUT2D eigenvalue weighted by Crippen LogP contribution is 2.10. The van der Waals surface area contributed by atoms with Crippen LogP contribution in [0, 0.1) is 0 Å². The predicted molar refractivity (Wildman–Crippen MR) is 85.8 cm³/mol. The molecule has 0 bridgehead atoms. The van der Waals surface area contributed by atoms with Gasteiger partial charge in [-0.1, -0.05) is 70.4 Å². The van der Waals surface area contributed by atoms with Gasteiger partial charge < -0.3 is 15.0 Å². The van der Waals surface area contributed by atoms with Gasteiger partial charge in [0.25, 0.3) is 0 Å². The molecule has 1 atom stereocenters. The van der Waals surface area contributed by atoms with E-state index in [0.29, 0.717) is 6.42 Å². The average molecular weight is 297 g/mol. The zero-order valence-electron chi connectivity index (χ0n) is 13.7. The number of hydrogen-bond acceptors (Lipinski definition) is 3. The highest BCUT2D eigenvalue weighted by molar-refractivity contribution is 5.63. The van der Waals surface area contributed by atoms with Crippen LogP contribution in [0.1, 0.15) is 90.4 Å². The summed E-state index contributed by atoms with van der Waals surface area (Å²) < 4.78 is 0. The summed E-state index contributed by atoms with van der Waals surface area (Å²) in [5.74, 6) is -0.965. The maximum atomic E-state index is 10.2. The van der Waals surface area contributed by atoms with Gasteiger partial charge in [-0.3, -0.25) is 0 Å². The summed E-state index contributed by atoms with van der Waals surface area (Å²) in [5.41, 5.74) is 0. The summed E-state index contributed by atoms with van der Waals surface area (Å²) in [5, 5.41) is 20.0. The molecular weight excluding hydrogens is 264 g/mol. The normalized spacial score (nSPS) is 12.9. The molecule has 3 nitrogen and oxygen atoms in total. The van der Waals surface area contributed by atoms with Crippen LogP contribution in [-0.4, -0.2) is 17.2 Å². The van der Waals surface area contributed by atoms with Gasteiger partial charge >= 0.3 is 0 Å². The maximum absolute atomic E-state index is 10.2. The fourth-order valence-electron chi connectivity index (χ4n) is 2.37. The van der Waals surface area contributed by atoms with Crippen molar-refractivity contribution in [2.45, 2.75) is 96.5 Å². The average Bonchev–Trinajstić information content (AvgIpc) is 2.45. The SMILES string of the molecule is CCCCCCCC/C=C\C(O)CCCCCCC(=O)[O-]. The lowest BCUT2D eigenvalue weighted by molar-refractivity contribution is -0.305. The number of hydrogen-bond donors (Lipinski definition) is 1. The lowest BCUT2D eigenvalue weighted by Crippen LogP contribution is -2.21. The van der Waals surface area contributed by atoms with Crippen molar-refractivity contribution in [3.8, 4) is 0 Å². The molecule has 124 valence electrons. The van der Waals surface area contributed by atoms with Crippen LogP contribution in [0.25, 0.3) is 0 Å². The molecule has 0 saturated heterocycles. The number of aliphatic carboxylic acids is 1. The minimum atomic E-state index is -0.965. The van der Waals surface area contributed by atoms with Gasteiger partial charge in [0.05, 0.1) is 6.10 Å². The van der Waals surface area contributed by atoms with E-state index in [1.54, 1.807) is 0 Å². The van der Waals surface area contributed by atoms with Crippen molar-refractivity contribution in [1.82, 2.24) is 0 Å². The monoisotopic (exact) mass is 297 g/mol. The Morgan fingerprint density at radius 3 is 2.33 bits per heavy atom. The molecule has 0 saturated carbocycles. The number of carboxylic acid groups (broad SMARTS) is 1. The van der Waals surface area contributed by atoms with Crippen LogP contribution in [0.4, 0.5) is 0 Å². The first kappa shape index (κ1) is 20.2. The second-order valence-corrected chi connectivity index (χ2v) is 5.88. The Balaban J connectivity index is 3.30. The Bertz CT molecular complexity index is 261. The van der Waals surface area contributed by atoms with E-state index >= 15 is 0 Å². The lowest BCUT2D eigenvalue weighted by atomic mass is 10.1. The number of aliphatic hydroxyl groups is 1. The minimum Gasteiger partial charge on any atom is -0.550 e. The summed E-state index contributed by atoms with van der Waals surface area (Å²) in [7, 11) is 0. The third-order valence-corrected chi connectivity index (χ3v) is 3.71. The van der Waals surface area contributed by atoms with Crippen molar-refractivity contribution >= 4 is 5.97 Å². The predicted octanol–water partition coefficient (Wildman–Crippen LogP) is 3.74. The molecule has 21 heavy (non-hydrogen) atoms. The second-order valence-electron chi connectivity index (χ2n) is 5.88. The van der Waals surface area contributed by atoms with Crippen molar-refractivity contribution in [3.63, 3.8) is 0 Å². The molecule has 0 aromatic rings. The van der Waals surface area contributed by atoms with Crippen molar-refractivity contribution < 1.29 is 15.0 Å². The molecule has 0 heterocycles. The van der Waals surface area contributed by atoms with Crippen LogP contribution in [0.2, 0.25) is 0 Å². The standard InChI is InChI=1S/C18H34O3/c1-2-3-4-5-6-7-8-11-14-17(19)15-12-9-10-13-16-18(20)21/h11,14,17,19H,2-10,12-13,15-16H2,1H3,(H,20,21)/p-1/b14-11-. The summed E-state index contributed by atoms with van der Waals surface area (Å²) in [6, 6.07) is 0. The summed E-state index contributed by atoms with van der Waals surface area (Å²) >= 11 is 0. The first-order valence-corrected chi connectivity index (χ1v) is 8.71. The van der Waals surface area contributed by atoms with Crippen molar-refractivity contribution in [2.24, 2.45) is 0 Å². The van der Waals surface area contributed by atoms with Crippen LogP contribution in [0.5, 0.6) is 0 Å². The lowest BCUT2D eigenvalue weighted by Gasteiger charge is -2.06. The highest BCUT2D eigenvalue weighted by Gasteiger charge is 1.99. The molecule has 0 rings (SSSR count). The van der Waals surface area contributed by atoms with Gasteiger partial charge in [-0.15, -0.1) is 0 Å². The quantitative estimate of drug-likeness (QED) is 0.370. The fourth-order valence-corrected chi connectivity index (χ4v) is 2.37. The summed E-state index contributed by atoms with van der Waals surface area (Å²) in [4.78, 5) is 10.2. The fraction of sp³-hybridized carbons (Fsp3) is 0.833. The summed E-state index contributed by atoms with van der Waals surface area (Å²) in [6.07, 6.45) is 17.0. The Kier molecular flexibility index (Phi) is 14.9. The molecule has 0 aliphatic rings. The number of carbonyl (C=O) groups excluding carboxylic acids is 1. The molecule has 0 amide bonds. The van der Waals surface area contributed by atoms with Gasteiger partial charge in [-0.2, -0.15) is 0 Å². The van der Waals surface area contributed by atoms with Gasteiger partial charge in [-0.05, 0) is 32.1 Å². The van der Waals surface area contributed by atoms with Crippen molar-refractivity contribution in [2.75, 3.05) is 0 Å². The first-order valence-electron chi connectivity index (χ1n) is 8.71. The Morgan fingerprint density at radius 2 is 1.62 bits per heavy atom. The minimum absolute atomic E-state index is 0.153. The van der Waals surface area contributed by atoms with Gasteiger partial charge in [0.15, 0.2) is 0 Å². The molecule has 0 aromatic heterocycles. The number of unbranched alkanes of at least 4 members (excludes halogenated alkanes) is 9. The van der Waals surface area contributed by atoms with Gasteiger partial charge in [0.1, 0.15) is 0 Å². The van der Waals surface area contributed by atoms with E-state index in [-0.39, 0.29) is 12.5 Å². The molecular formula is C18H33O3-.